The van der Waals surface area contributed by atoms with Crippen molar-refractivity contribution < 1.29 is 23.9 Å². The lowest BCUT2D eigenvalue weighted by Gasteiger charge is -2.55. The van der Waals surface area contributed by atoms with Crippen LogP contribution in [0.4, 0.5) is 4.79 Å². The number of imide groups is 1. The van der Waals surface area contributed by atoms with Crippen LogP contribution in [0.15, 0.2) is 0 Å². The van der Waals surface area contributed by atoms with E-state index in [0.29, 0.717) is 17.8 Å². The zero-order valence-electron chi connectivity index (χ0n) is 14.7. The second kappa shape index (κ2) is 6.87. The molecule has 0 aromatic rings. The summed E-state index contributed by atoms with van der Waals surface area (Å²) in [6.07, 6.45) is 6.49. The summed E-state index contributed by atoms with van der Waals surface area (Å²) >= 11 is 0.969. The van der Waals surface area contributed by atoms with Gasteiger partial charge in [0, 0.05) is 13.1 Å². The van der Waals surface area contributed by atoms with Gasteiger partial charge in [0.05, 0.1) is 11.2 Å². The topological polar surface area (TPSA) is 92.8 Å². The Hall–Kier alpha value is -1.57. The fraction of sp³-hybridized carbons (Fsp3) is 0.778. The Morgan fingerprint density at radius 2 is 1.73 bits per heavy atom. The molecule has 4 bridgehead atoms. The number of carbonyl (C=O) groups is 4. The third-order valence-corrected chi connectivity index (χ3v) is 7.16. The normalized spacial score (nSPS) is 35.1. The Balaban J connectivity index is 1.21. The Morgan fingerprint density at radius 1 is 1.12 bits per heavy atom. The van der Waals surface area contributed by atoms with E-state index >= 15 is 0 Å². The van der Waals surface area contributed by atoms with Gasteiger partial charge in [0.2, 0.25) is 5.91 Å². The number of amides is 3. The number of carbonyl (C=O) groups excluding carboxylic acids is 4. The lowest BCUT2D eigenvalue weighted by molar-refractivity contribution is -0.173. The molecule has 0 atom stereocenters. The van der Waals surface area contributed by atoms with Crippen LogP contribution >= 0.6 is 11.8 Å². The Bertz CT molecular complexity index is 598. The van der Waals surface area contributed by atoms with Gasteiger partial charge in [0.15, 0.2) is 6.61 Å². The molecule has 5 aliphatic rings. The van der Waals surface area contributed by atoms with E-state index in [9.17, 15) is 19.2 Å². The van der Waals surface area contributed by atoms with Gasteiger partial charge in [-0.25, -0.2) is 0 Å². The summed E-state index contributed by atoms with van der Waals surface area (Å²) in [5.41, 5.74) is -0.360. The molecule has 5 fully saturated rings. The van der Waals surface area contributed by atoms with E-state index in [-0.39, 0.29) is 48.0 Å². The molecule has 3 amide bonds. The molecule has 8 heteroatoms. The van der Waals surface area contributed by atoms with Crippen LogP contribution in [0.2, 0.25) is 0 Å². The predicted octanol–water partition coefficient (Wildman–Crippen LogP) is 1.56. The number of esters is 1. The maximum Gasteiger partial charge on any atom is 0.312 e. The van der Waals surface area contributed by atoms with Crippen molar-refractivity contribution >= 4 is 34.8 Å². The monoisotopic (exact) mass is 380 g/mol. The fourth-order valence-corrected chi connectivity index (χ4v) is 6.35. The molecule has 0 aromatic heterocycles. The first-order valence-corrected chi connectivity index (χ1v) is 10.3. The highest BCUT2D eigenvalue weighted by Crippen LogP contribution is 2.60. The van der Waals surface area contributed by atoms with Gasteiger partial charge in [-0.05, 0) is 56.3 Å². The molecule has 5 rings (SSSR count). The second-order valence-electron chi connectivity index (χ2n) is 8.22. The molecule has 1 aliphatic heterocycles. The first kappa shape index (κ1) is 17.8. The smallest absolute Gasteiger partial charge is 0.312 e. The first-order chi connectivity index (χ1) is 12.4. The molecule has 1 heterocycles. The van der Waals surface area contributed by atoms with Crippen LogP contribution in [0.5, 0.6) is 0 Å². The summed E-state index contributed by atoms with van der Waals surface area (Å²) in [5.74, 6) is 1.27. The highest BCUT2D eigenvalue weighted by atomic mass is 32.2. The van der Waals surface area contributed by atoms with Crippen LogP contribution in [-0.4, -0.2) is 53.4 Å². The van der Waals surface area contributed by atoms with Crippen molar-refractivity contribution in [3.8, 4) is 0 Å². The molecule has 1 saturated heterocycles. The third kappa shape index (κ3) is 3.35. The average Bonchev–Trinajstić information content (AvgIpc) is 2.90. The molecule has 142 valence electrons. The van der Waals surface area contributed by atoms with Gasteiger partial charge in [0.1, 0.15) is 0 Å². The summed E-state index contributed by atoms with van der Waals surface area (Å²) in [6, 6.07) is 0. The first-order valence-electron chi connectivity index (χ1n) is 9.36. The van der Waals surface area contributed by atoms with Gasteiger partial charge in [-0.1, -0.05) is 11.8 Å². The van der Waals surface area contributed by atoms with Crippen LogP contribution in [0.1, 0.15) is 38.5 Å². The van der Waals surface area contributed by atoms with E-state index in [0.717, 1.165) is 35.9 Å². The van der Waals surface area contributed by atoms with E-state index in [1.807, 2.05) is 0 Å². The molecule has 0 aromatic carbocycles. The molecule has 7 nitrogen and oxygen atoms in total. The van der Waals surface area contributed by atoms with Crippen molar-refractivity contribution in [2.75, 3.05) is 25.4 Å². The molecular formula is C18H24N2O5S. The lowest BCUT2D eigenvalue weighted by atomic mass is 9.49. The van der Waals surface area contributed by atoms with Crippen LogP contribution in [-0.2, 0) is 19.1 Å². The van der Waals surface area contributed by atoms with Crippen molar-refractivity contribution in [1.82, 2.24) is 10.2 Å². The van der Waals surface area contributed by atoms with Crippen LogP contribution in [0.3, 0.4) is 0 Å². The van der Waals surface area contributed by atoms with Gasteiger partial charge in [-0.2, -0.15) is 0 Å². The minimum absolute atomic E-state index is 0.152. The van der Waals surface area contributed by atoms with Crippen LogP contribution in [0.25, 0.3) is 0 Å². The number of rotatable bonds is 6. The maximum absolute atomic E-state index is 12.7. The fourth-order valence-electron chi connectivity index (χ4n) is 5.60. The number of nitrogens with one attached hydrogen (secondary N) is 1. The number of ether oxygens (including phenoxy) is 1. The number of nitrogens with zero attached hydrogens (tertiary/aromatic N) is 1. The zero-order chi connectivity index (χ0) is 18.3. The SMILES string of the molecule is O=C(COC(=O)C12CC3CC(CC(C3)C1)C2)NCCN1C(=O)CSC1=O. The van der Waals surface area contributed by atoms with Gasteiger partial charge >= 0.3 is 5.97 Å². The Labute approximate surface area is 156 Å². The van der Waals surface area contributed by atoms with Gasteiger partial charge < -0.3 is 10.1 Å². The molecule has 4 saturated carbocycles. The van der Waals surface area contributed by atoms with E-state index in [1.54, 1.807) is 0 Å². The zero-order valence-corrected chi connectivity index (χ0v) is 15.5. The average molecular weight is 380 g/mol. The molecule has 0 spiro atoms. The Morgan fingerprint density at radius 3 is 2.27 bits per heavy atom. The van der Waals surface area contributed by atoms with E-state index in [4.69, 9.17) is 4.74 Å². The Kier molecular flexibility index (Phi) is 4.71. The second-order valence-corrected chi connectivity index (χ2v) is 9.15. The van der Waals surface area contributed by atoms with Gasteiger partial charge in [0.25, 0.3) is 11.1 Å². The molecule has 0 unspecified atom stereocenters. The van der Waals surface area contributed by atoms with E-state index < -0.39 is 5.91 Å². The summed E-state index contributed by atoms with van der Waals surface area (Å²) in [4.78, 5) is 48.7. The quantitative estimate of drug-likeness (QED) is 0.703. The van der Waals surface area contributed by atoms with Crippen molar-refractivity contribution in [2.45, 2.75) is 38.5 Å². The molecule has 0 radical (unpaired) electrons. The van der Waals surface area contributed by atoms with Crippen LogP contribution < -0.4 is 5.32 Å². The third-order valence-electron chi connectivity index (χ3n) is 6.30. The minimum Gasteiger partial charge on any atom is -0.455 e. The molecule has 1 N–H and O–H groups in total. The number of hydrogen-bond acceptors (Lipinski definition) is 6. The van der Waals surface area contributed by atoms with E-state index in [2.05, 4.69) is 5.32 Å². The molecule has 4 aliphatic carbocycles. The highest BCUT2D eigenvalue weighted by Gasteiger charge is 2.55. The van der Waals surface area contributed by atoms with E-state index in [1.165, 1.54) is 19.3 Å². The largest absolute Gasteiger partial charge is 0.455 e. The standard InChI is InChI=1S/C18H24N2O5S/c21-14(19-1-2-20-15(22)10-26-17(20)24)9-25-16(23)18-6-11-3-12(7-18)5-13(4-11)8-18/h11-13H,1-10H2,(H,19,21). The molecule has 26 heavy (non-hydrogen) atoms. The number of hydrogen-bond donors (Lipinski definition) is 1. The van der Waals surface area contributed by atoms with Crippen molar-refractivity contribution in [1.29, 1.82) is 0 Å². The number of thioether (sulfide) groups is 1. The summed E-state index contributed by atoms with van der Waals surface area (Å²) in [7, 11) is 0. The molecular weight excluding hydrogens is 356 g/mol. The van der Waals surface area contributed by atoms with Gasteiger partial charge in [-0.15, -0.1) is 0 Å². The highest BCUT2D eigenvalue weighted by molar-refractivity contribution is 8.14. The van der Waals surface area contributed by atoms with Crippen molar-refractivity contribution in [3.63, 3.8) is 0 Å². The van der Waals surface area contributed by atoms with Crippen molar-refractivity contribution in [3.05, 3.63) is 0 Å². The van der Waals surface area contributed by atoms with Gasteiger partial charge in [-0.3, -0.25) is 24.1 Å². The summed E-state index contributed by atoms with van der Waals surface area (Å²) in [5, 5.41) is 2.33. The van der Waals surface area contributed by atoms with Crippen LogP contribution in [0, 0.1) is 23.2 Å². The summed E-state index contributed by atoms with van der Waals surface area (Å²) < 4.78 is 5.35. The van der Waals surface area contributed by atoms with Crippen molar-refractivity contribution in [2.24, 2.45) is 23.2 Å². The lowest BCUT2D eigenvalue weighted by Crippen LogP contribution is -2.51. The minimum atomic E-state index is -0.394. The maximum atomic E-state index is 12.7. The predicted molar refractivity (Wildman–Crippen MR) is 94.1 cm³/mol. The summed E-state index contributed by atoms with van der Waals surface area (Å²) in [6.45, 7) is 0.0301.